The number of carbonyl (C=O) groups is 2. The van der Waals surface area contributed by atoms with Crippen LogP contribution in [0.25, 0.3) is 0 Å². The molecule has 28 nitrogen and oxygen atoms in total. The zero-order valence-electron chi connectivity index (χ0n) is 46.1. The van der Waals surface area contributed by atoms with Crippen LogP contribution in [0.15, 0.2) is 12.2 Å². The number of fused-ring (bicyclic) bond motifs is 3. The van der Waals surface area contributed by atoms with Crippen molar-refractivity contribution in [2.24, 2.45) is 34.0 Å². The SMILES string of the molecule is C=C1C[C@@]2(C)CCC3C(C)(CCC[C@@]3(C)C(=O)OC3OC(CO)C(O)C(O)C3OC3OC(CO)C(O)C(O)C3NC(C)=O)[C@@H]2CCC1CC1OC(CO)C(O)C(OC2OC(CO)C(O)C(O)C2O)C1OCC(O)C(O)C(O)C(O)CO. The van der Waals surface area contributed by atoms with Crippen LogP contribution in [0, 0.1) is 34.0 Å². The molecular formula is C53H89NO27. The number of ether oxygens (including phenoxy) is 8. The molecule has 0 aromatic rings. The summed E-state index contributed by atoms with van der Waals surface area (Å²) in [7, 11) is 0. The van der Waals surface area contributed by atoms with Gasteiger partial charge in [-0.15, -0.1) is 0 Å². The Bertz CT molecular complexity index is 2080. The molecule has 4 aliphatic heterocycles. The molecule has 0 radical (unpaired) electrons. The molecule has 18 N–H and O–H groups in total. The highest BCUT2D eigenvalue weighted by Crippen LogP contribution is 2.68. The molecule has 30 atom stereocenters. The van der Waals surface area contributed by atoms with E-state index in [9.17, 15) is 91.6 Å². The van der Waals surface area contributed by atoms with Crippen molar-refractivity contribution in [1.82, 2.24) is 5.32 Å². The van der Waals surface area contributed by atoms with Gasteiger partial charge in [0.15, 0.2) is 18.7 Å². The van der Waals surface area contributed by atoms with E-state index in [1.165, 1.54) is 0 Å². The Hall–Kier alpha value is -2.28. The maximum absolute atomic E-state index is 15.0. The molecule has 4 saturated heterocycles. The van der Waals surface area contributed by atoms with E-state index in [0.717, 1.165) is 12.5 Å². The summed E-state index contributed by atoms with van der Waals surface area (Å²) in [5, 5.41) is 182. The van der Waals surface area contributed by atoms with Gasteiger partial charge in [0.2, 0.25) is 12.2 Å². The topological polar surface area (TPSA) is 464 Å². The van der Waals surface area contributed by atoms with Gasteiger partial charge in [-0.1, -0.05) is 32.4 Å². The molecule has 3 saturated carbocycles. The van der Waals surface area contributed by atoms with E-state index < -0.39 is 215 Å². The summed E-state index contributed by atoms with van der Waals surface area (Å²) in [4.78, 5) is 27.3. The summed E-state index contributed by atoms with van der Waals surface area (Å²) >= 11 is 0. The molecule has 27 unspecified atom stereocenters. The third-order valence-corrected chi connectivity index (χ3v) is 19.1. The first-order valence-corrected chi connectivity index (χ1v) is 28.1. The van der Waals surface area contributed by atoms with E-state index in [0.29, 0.717) is 51.4 Å². The number of aliphatic hydroxyl groups excluding tert-OH is 17. The minimum atomic E-state index is -2.07. The summed E-state index contributed by atoms with van der Waals surface area (Å²) in [6.07, 6.45) is -35.0. The van der Waals surface area contributed by atoms with Crippen LogP contribution in [0.5, 0.6) is 0 Å². The van der Waals surface area contributed by atoms with Gasteiger partial charge in [-0.05, 0) is 86.9 Å². The van der Waals surface area contributed by atoms with Gasteiger partial charge in [0, 0.05) is 6.92 Å². The van der Waals surface area contributed by atoms with Crippen molar-refractivity contribution in [3.8, 4) is 0 Å². The Balaban J connectivity index is 1.13. The molecule has 0 aromatic carbocycles. The minimum absolute atomic E-state index is 0.0583. The zero-order chi connectivity index (χ0) is 59.8. The Morgan fingerprint density at radius 1 is 0.605 bits per heavy atom. The normalized spacial score (nSPS) is 47.4. The van der Waals surface area contributed by atoms with E-state index in [4.69, 9.17) is 37.9 Å². The van der Waals surface area contributed by atoms with Crippen molar-refractivity contribution < 1.29 is 134 Å². The second-order valence-corrected chi connectivity index (χ2v) is 24.3. The highest BCUT2D eigenvalue weighted by Gasteiger charge is 2.64. The van der Waals surface area contributed by atoms with Crippen LogP contribution < -0.4 is 5.32 Å². The van der Waals surface area contributed by atoms with E-state index in [1.54, 1.807) is 6.92 Å². The van der Waals surface area contributed by atoms with E-state index in [1.807, 2.05) is 0 Å². The first-order chi connectivity index (χ1) is 38.1. The predicted octanol–water partition coefficient (Wildman–Crippen LogP) is -6.60. The smallest absolute Gasteiger partial charge is 0.314 e. The lowest BCUT2D eigenvalue weighted by molar-refractivity contribution is -0.351. The van der Waals surface area contributed by atoms with E-state index in [2.05, 4.69) is 25.7 Å². The average molecular weight is 1170 g/mol. The predicted molar refractivity (Wildman–Crippen MR) is 271 cm³/mol. The molecule has 468 valence electrons. The average Bonchev–Trinajstić information content (AvgIpc) is 3.67. The Morgan fingerprint density at radius 3 is 1.77 bits per heavy atom. The van der Waals surface area contributed by atoms with E-state index in [-0.39, 0.29) is 24.2 Å². The second-order valence-electron chi connectivity index (χ2n) is 24.3. The lowest BCUT2D eigenvalue weighted by atomic mass is 9.42. The Kier molecular flexibility index (Phi) is 22.2. The third kappa shape index (κ3) is 13.3. The van der Waals surface area contributed by atoms with Gasteiger partial charge in [-0.25, -0.2) is 0 Å². The largest absolute Gasteiger partial charge is 0.432 e. The lowest BCUT2D eigenvalue weighted by Crippen LogP contribution is -2.68. The molecule has 3 aliphatic carbocycles. The van der Waals surface area contributed by atoms with E-state index >= 15 is 4.79 Å². The first-order valence-electron chi connectivity index (χ1n) is 28.1. The summed E-state index contributed by atoms with van der Waals surface area (Å²) in [5.74, 6) is -2.15. The van der Waals surface area contributed by atoms with Gasteiger partial charge in [-0.3, -0.25) is 9.59 Å². The second kappa shape index (κ2) is 27.2. The van der Waals surface area contributed by atoms with Crippen LogP contribution in [0.4, 0.5) is 0 Å². The molecule has 28 heteroatoms. The number of allylic oxidation sites excluding steroid dienone is 1. The fraction of sp³-hybridized carbons (Fsp3) is 0.925. The molecule has 7 aliphatic rings. The van der Waals surface area contributed by atoms with Crippen LogP contribution >= 0.6 is 0 Å². The van der Waals surface area contributed by atoms with Crippen LogP contribution in [-0.4, -0.2) is 285 Å². The summed E-state index contributed by atoms with van der Waals surface area (Å²) < 4.78 is 48.2. The number of esters is 1. The molecule has 7 rings (SSSR count). The Morgan fingerprint density at radius 2 is 1.16 bits per heavy atom. The first kappa shape index (κ1) is 66.2. The summed E-state index contributed by atoms with van der Waals surface area (Å²) in [6, 6.07) is -1.49. The number of nitrogens with one attached hydrogen (secondary N) is 1. The maximum Gasteiger partial charge on any atom is 0.314 e. The van der Waals surface area contributed by atoms with Crippen molar-refractivity contribution in [3.05, 3.63) is 12.2 Å². The highest BCUT2D eigenvalue weighted by molar-refractivity contribution is 5.77. The van der Waals surface area contributed by atoms with Crippen molar-refractivity contribution >= 4 is 11.9 Å². The van der Waals surface area contributed by atoms with Gasteiger partial charge in [0.1, 0.15) is 116 Å². The molecule has 0 aromatic heterocycles. The highest BCUT2D eigenvalue weighted by atomic mass is 16.8. The fourth-order valence-corrected chi connectivity index (χ4v) is 14.5. The standard InChI is InChI=1S/C53H89NO27/c1-21-14-51(3)12-9-32-52(4,10-6-11-53(32,5)50(73)81-49-46(42(71)38(67)29(18-58)78-49)80-47-33(54-22(2)60)40(69)36(65)27(16-56)76-47)31(51)8-7-23(21)13-26-44(74-20-25(62)35(64)34(63)24(61)15-55)45(39(68)30(19-59)75-26)79-48-43(72)41(70)37(66)28(17-57)77-48/h23-49,55-59,61-72H,1,6-20H2,2-5H3,(H,54,60)/t23?,24?,25?,26?,27?,28?,29?,30?,31-,32?,33?,34?,35?,36?,37?,38?,39?,40?,41?,42?,43?,44?,45?,46?,47?,48?,49?,51-,52?,53-/m1/s1. The quantitative estimate of drug-likeness (QED) is 0.0398. The number of hydrogen-bond acceptors (Lipinski definition) is 27. The lowest BCUT2D eigenvalue weighted by Gasteiger charge is -2.62. The molecule has 7 fully saturated rings. The van der Waals surface area contributed by atoms with Crippen LogP contribution in [0.3, 0.4) is 0 Å². The Labute approximate surface area is 468 Å². The van der Waals surface area contributed by atoms with Gasteiger partial charge >= 0.3 is 5.97 Å². The van der Waals surface area contributed by atoms with Gasteiger partial charge in [0.25, 0.3) is 0 Å². The molecule has 81 heavy (non-hydrogen) atoms. The third-order valence-electron chi connectivity index (χ3n) is 19.1. The number of rotatable bonds is 20. The summed E-state index contributed by atoms with van der Waals surface area (Å²) in [6.45, 7) is 6.86. The number of hydrogen-bond donors (Lipinski definition) is 18. The molecule has 1 amide bonds. The zero-order valence-corrected chi connectivity index (χ0v) is 46.1. The van der Waals surface area contributed by atoms with Crippen molar-refractivity contribution in [3.63, 3.8) is 0 Å². The number of aliphatic hydroxyl groups is 17. The molecule has 0 bridgehead atoms. The molecule has 0 spiro atoms. The van der Waals surface area contributed by atoms with Crippen LogP contribution in [-0.2, 0) is 47.5 Å². The van der Waals surface area contributed by atoms with Gasteiger partial charge < -0.3 is 130 Å². The number of amides is 1. The van der Waals surface area contributed by atoms with Crippen molar-refractivity contribution in [1.29, 1.82) is 0 Å². The summed E-state index contributed by atoms with van der Waals surface area (Å²) in [5.41, 5.74) is -1.32. The monoisotopic (exact) mass is 1170 g/mol. The minimum Gasteiger partial charge on any atom is -0.432 e. The maximum atomic E-state index is 15.0. The molecule has 4 heterocycles. The van der Waals surface area contributed by atoms with Crippen LogP contribution in [0.2, 0.25) is 0 Å². The van der Waals surface area contributed by atoms with Crippen molar-refractivity contribution in [2.45, 2.75) is 232 Å². The van der Waals surface area contributed by atoms with Crippen molar-refractivity contribution in [2.75, 3.05) is 39.6 Å². The van der Waals surface area contributed by atoms with Gasteiger partial charge in [-0.2, -0.15) is 0 Å². The number of carbonyl (C=O) groups excluding carboxylic acids is 2. The fourth-order valence-electron chi connectivity index (χ4n) is 14.5. The van der Waals surface area contributed by atoms with Crippen LogP contribution in [0.1, 0.15) is 85.5 Å². The van der Waals surface area contributed by atoms with Gasteiger partial charge in [0.05, 0.1) is 51.2 Å². The molecular weight excluding hydrogens is 1080 g/mol.